The SMILES string of the molecule is CC(C)N1C(=O)/C(=C2/C(=O)N(C(C)C)c3cc(N=[N+]=[N-])ccc32)c2ccc(N=[N+]=[N-])cc21. The molecule has 0 unspecified atom stereocenters. The van der Waals surface area contributed by atoms with Gasteiger partial charge in [-0.25, -0.2) is 0 Å². The van der Waals surface area contributed by atoms with Gasteiger partial charge in [0.1, 0.15) is 0 Å². The molecule has 4 rings (SSSR count). The van der Waals surface area contributed by atoms with Crippen molar-refractivity contribution >= 4 is 45.7 Å². The molecule has 0 N–H and O–H groups in total. The Balaban J connectivity index is 2.04. The summed E-state index contributed by atoms with van der Waals surface area (Å²) in [5.74, 6) is -0.570. The number of hydrogen-bond acceptors (Lipinski definition) is 4. The van der Waals surface area contributed by atoms with Crippen molar-refractivity contribution in [2.75, 3.05) is 9.80 Å². The number of rotatable bonds is 4. The largest absolute Gasteiger partial charge is 0.305 e. The van der Waals surface area contributed by atoms with Gasteiger partial charge in [-0.05, 0) is 50.9 Å². The quantitative estimate of drug-likeness (QED) is 0.255. The molecule has 2 aliphatic heterocycles. The van der Waals surface area contributed by atoms with Gasteiger partial charge in [-0.3, -0.25) is 9.59 Å². The maximum absolute atomic E-state index is 13.6. The summed E-state index contributed by atoms with van der Waals surface area (Å²) in [5, 5.41) is 7.30. The monoisotopic (exact) mass is 428 g/mol. The Morgan fingerprint density at radius 1 is 0.719 bits per heavy atom. The molecular formula is C22H20N8O2. The van der Waals surface area contributed by atoms with Crippen LogP contribution in [0.15, 0.2) is 46.6 Å². The first-order chi connectivity index (χ1) is 15.3. The fraction of sp³-hybridized carbons (Fsp3) is 0.273. The molecule has 2 aromatic carbocycles. The fourth-order valence-electron chi connectivity index (χ4n) is 4.29. The average molecular weight is 428 g/mol. The van der Waals surface area contributed by atoms with E-state index in [0.717, 1.165) is 0 Å². The number of fused-ring (bicyclic) bond motifs is 2. The van der Waals surface area contributed by atoms with E-state index >= 15 is 0 Å². The van der Waals surface area contributed by atoms with Crippen LogP contribution in [0, 0.1) is 0 Å². The summed E-state index contributed by atoms with van der Waals surface area (Å²) >= 11 is 0. The molecule has 160 valence electrons. The number of amides is 2. The minimum Gasteiger partial charge on any atom is -0.305 e. The molecule has 32 heavy (non-hydrogen) atoms. The van der Waals surface area contributed by atoms with E-state index in [0.29, 0.717) is 45.0 Å². The highest BCUT2D eigenvalue weighted by atomic mass is 16.2. The molecule has 2 aliphatic rings. The first-order valence-corrected chi connectivity index (χ1v) is 10.1. The van der Waals surface area contributed by atoms with E-state index in [1.54, 1.807) is 46.2 Å². The number of nitrogens with zero attached hydrogens (tertiary/aromatic N) is 8. The third-order valence-corrected chi connectivity index (χ3v) is 5.49. The average Bonchev–Trinajstić information content (AvgIpc) is 3.17. The van der Waals surface area contributed by atoms with Gasteiger partial charge < -0.3 is 9.80 Å². The molecule has 0 aliphatic carbocycles. The van der Waals surface area contributed by atoms with Crippen molar-refractivity contribution in [1.82, 2.24) is 0 Å². The molecule has 0 radical (unpaired) electrons. The maximum atomic E-state index is 13.6. The highest BCUT2D eigenvalue weighted by Crippen LogP contribution is 2.49. The van der Waals surface area contributed by atoms with Crippen molar-refractivity contribution in [2.45, 2.75) is 39.8 Å². The topological polar surface area (TPSA) is 138 Å². The second-order valence-electron chi connectivity index (χ2n) is 8.07. The van der Waals surface area contributed by atoms with E-state index in [9.17, 15) is 9.59 Å². The van der Waals surface area contributed by atoms with Gasteiger partial charge in [0, 0.05) is 44.4 Å². The molecule has 0 atom stereocenters. The van der Waals surface area contributed by atoms with Crippen LogP contribution in [-0.4, -0.2) is 23.9 Å². The Morgan fingerprint density at radius 2 is 1.09 bits per heavy atom. The molecule has 0 aromatic heterocycles. The Morgan fingerprint density at radius 3 is 1.41 bits per heavy atom. The van der Waals surface area contributed by atoms with E-state index in [1.807, 2.05) is 27.7 Å². The third-order valence-electron chi connectivity index (χ3n) is 5.49. The van der Waals surface area contributed by atoms with E-state index in [-0.39, 0.29) is 23.9 Å². The maximum Gasteiger partial charge on any atom is 0.260 e. The van der Waals surface area contributed by atoms with Crippen molar-refractivity contribution < 1.29 is 9.59 Å². The van der Waals surface area contributed by atoms with Gasteiger partial charge in [0.05, 0.1) is 22.5 Å². The summed E-state index contributed by atoms with van der Waals surface area (Å²) in [5.41, 5.74) is 21.4. The predicted octanol–water partition coefficient (Wildman–Crippen LogP) is 5.99. The molecule has 10 nitrogen and oxygen atoms in total. The molecule has 2 aromatic rings. The smallest absolute Gasteiger partial charge is 0.260 e. The lowest BCUT2D eigenvalue weighted by atomic mass is 9.96. The summed E-state index contributed by atoms with van der Waals surface area (Å²) in [6.07, 6.45) is 0. The first kappa shape index (κ1) is 21.0. The van der Waals surface area contributed by atoms with Crippen LogP contribution >= 0.6 is 0 Å². The molecule has 0 bridgehead atoms. The normalized spacial score (nSPS) is 16.9. The van der Waals surface area contributed by atoms with Crippen molar-refractivity contribution in [3.63, 3.8) is 0 Å². The number of anilines is 2. The standard InChI is InChI=1S/C22H20N8O2/c1-11(2)29-17-9-13(25-27-23)5-7-15(17)19(21(29)31)20-16-8-6-14(26-28-24)10-18(16)30(12(3)4)22(20)32/h5-12H,1-4H3/b20-19+. The van der Waals surface area contributed by atoms with Crippen molar-refractivity contribution in [3.8, 4) is 0 Å². The number of carbonyl (C=O) groups excluding carboxylic acids is 2. The van der Waals surface area contributed by atoms with Crippen LogP contribution in [0.3, 0.4) is 0 Å². The summed E-state index contributed by atoms with van der Waals surface area (Å²) in [7, 11) is 0. The Kier molecular flexibility index (Phi) is 5.10. The summed E-state index contributed by atoms with van der Waals surface area (Å²) in [6, 6.07) is 9.64. The zero-order chi connectivity index (χ0) is 23.2. The number of azide groups is 2. The second-order valence-corrected chi connectivity index (χ2v) is 8.07. The lowest BCUT2D eigenvalue weighted by molar-refractivity contribution is -0.115. The van der Waals surface area contributed by atoms with Gasteiger partial charge in [0.2, 0.25) is 0 Å². The second kappa shape index (κ2) is 7.77. The molecule has 0 spiro atoms. The van der Waals surface area contributed by atoms with Gasteiger partial charge in [-0.15, -0.1) is 0 Å². The molecule has 10 heteroatoms. The highest BCUT2D eigenvalue weighted by Gasteiger charge is 2.43. The molecule has 2 heterocycles. The fourth-order valence-corrected chi connectivity index (χ4v) is 4.29. The number of benzene rings is 2. The first-order valence-electron chi connectivity index (χ1n) is 10.1. The van der Waals surface area contributed by atoms with E-state index in [4.69, 9.17) is 11.1 Å². The van der Waals surface area contributed by atoms with Crippen molar-refractivity contribution in [3.05, 3.63) is 68.4 Å². The van der Waals surface area contributed by atoms with E-state index in [2.05, 4.69) is 20.1 Å². The third kappa shape index (κ3) is 3.06. The molecule has 2 amide bonds. The Labute approximate surface area is 184 Å². The Hall–Kier alpha value is -4.26. The zero-order valence-electron chi connectivity index (χ0n) is 18.0. The zero-order valence-corrected chi connectivity index (χ0v) is 18.0. The molecule has 0 saturated heterocycles. The van der Waals surface area contributed by atoms with Crippen molar-refractivity contribution in [1.29, 1.82) is 0 Å². The summed E-state index contributed by atoms with van der Waals surface area (Å²) < 4.78 is 0. The summed E-state index contributed by atoms with van der Waals surface area (Å²) in [4.78, 5) is 36.0. The van der Waals surface area contributed by atoms with Crippen LogP contribution in [-0.2, 0) is 9.59 Å². The predicted molar refractivity (Wildman–Crippen MR) is 123 cm³/mol. The van der Waals surface area contributed by atoms with Gasteiger partial charge in [-0.2, -0.15) is 0 Å². The van der Waals surface area contributed by atoms with Gasteiger partial charge in [-0.1, -0.05) is 34.5 Å². The lowest BCUT2D eigenvalue weighted by Crippen LogP contribution is -2.35. The van der Waals surface area contributed by atoms with Crippen molar-refractivity contribution in [2.24, 2.45) is 10.2 Å². The van der Waals surface area contributed by atoms with E-state index in [1.165, 1.54) is 0 Å². The minimum atomic E-state index is -0.285. The molecular weight excluding hydrogens is 408 g/mol. The van der Waals surface area contributed by atoms with Crippen LogP contribution in [0.2, 0.25) is 0 Å². The van der Waals surface area contributed by atoms with Crippen LogP contribution in [0.25, 0.3) is 32.0 Å². The number of hydrogen-bond donors (Lipinski definition) is 0. The molecule has 0 saturated carbocycles. The van der Waals surface area contributed by atoms with Crippen LogP contribution in [0.1, 0.15) is 38.8 Å². The van der Waals surface area contributed by atoms with Crippen LogP contribution < -0.4 is 9.80 Å². The highest BCUT2D eigenvalue weighted by molar-refractivity contribution is 6.50. The summed E-state index contributed by atoms with van der Waals surface area (Å²) in [6.45, 7) is 7.53. The molecule has 0 fully saturated rings. The minimum absolute atomic E-state index is 0.176. The van der Waals surface area contributed by atoms with Crippen LogP contribution in [0.5, 0.6) is 0 Å². The number of carbonyl (C=O) groups is 2. The van der Waals surface area contributed by atoms with Crippen LogP contribution in [0.4, 0.5) is 22.7 Å². The van der Waals surface area contributed by atoms with E-state index < -0.39 is 0 Å². The lowest BCUT2D eigenvalue weighted by Gasteiger charge is -2.22. The Bertz CT molecular complexity index is 1200. The van der Waals surface area contributed by atoms with Gasteiger partial charge in [0.15, 0.2) is 0 Å². The van der Waals surface area contributed by atoms with Gasteiger partial charge in [0.25, 0.3) is 11.8 Å². The van der Waals surface area contributed by atoms with Gasteiger partial charge >= 0.3 is 0 Å².